The maximum absolute atomic E-state index is 13.0. The molecule has 0 N–H and O–H groups in total. The molecule has 2 amide bonds. The molecule has 0 unspecified atom stereocenters. The Kier molecular flexibility index (Phi) is 5.17. The van der Waals surface area contributed by atoms with E-state index in [1.165, 1.54) is 17.5 Å². The van der Waals surface area contributed by atoms with Crippen LogP contribution in [-0.2, 0) is 4.79 Å². The van der Waals surface area contributed by atoms with Gasteiger partial charge in [-0.1, -0.05) is 24.3 Å². The Hall–Kier alpha value is -2.67. The van der Waals surface area contributed by atoms with Gasteiger partial charge in [0.05, 0.1) is 18.3 Å². The van der Waals surface area contributed by atoms with E-state index in [0.717, 1.165) is 0 Å². The molecular weight excluding hydrogens is 368 g/mol. The zero-order valence-electron chi connectivity index (χ0n) is 17.5. The normalized spacial score (nSPS) is 23.7. The maximum Gasteiger partial charge on any atom is 0.291 e. The predicted octanol–water partition coefficient (Wildman–Crippen LogP) is 2.12. The van der Waals surface area contributed by atoms with Crippen molar-refractivity contribution in [2.45, 2.75) is 19.9 Å². The second-order valence-corrected chi connectivity index (χ2v) is 8.49. The van der Waals surface area contributed by atoms with Crippen molar-refractivity contribution in [3.63, 3.8) is 0 Å². The molecule has 7 heteroatoms. The highest BCUT2D eigenvalue weighted by molar-refractivity contribution is 5.92. The predicted molar refractivity (Wildman–Crippen MR) is 108 cm³/mol. The molecule has 0 saturated carbocycles. The zero-order chi connectivity index (χ0) is 20.7. The van der Waals surface area contributed by atoms with Crippen molar-refractivity contribution in [3.05, 3.63) is 53.2 Å². The fraction of sp³-hybridized carbons (Fsp3) is 0.500. The molecule has 3 heterocycles. The summed E-state index contributed by atoms with van der Waals surface area (Å²) in [5, 5.41) is 0. The number of rotatable bonds is 4. The number of oxazole rings is 1. The van der Waals surface area contributed by atoms with Gasteiger partial charge in [-0.3, -0.25) is 9.59 Å². The Morgan fingerprint density at radius 2 is 1.93 bits per heavy atom. The quantitative estimate of drug-likeness (QED) is 0.792. The van der Waals surface area contributed by atoms with Gasteiger partial charge >= 0.3 is 0 Å². The van der Waals surface area contributed by atoms with Gasteiger partial charge in [-0.15, -0.1) is 0 Å². The largest absolute Gasteiger partial charge is 0.438 e. The van der Waals surface area contributed by atoms with Gasteiger partial charge in [0.15, 0.2) is 6.39 Å². The molecule has 2 aromatic rings. The third-order valence-corrected chi connectivity index (χ3v) is 6.17. The summed E-state index contributed by atoms with van der Waals surface area (Å²) < 4.78 is 5.32. The van der Waals surface area contributed by atoms with Crippen LogP contribution in [0.5, 0.6) is 0 Å². The Morgan fingerprint density at radius 1 is 1.17 bits per heavy atom. The number of aryl methyl sites for hydroxylation is 2. The van der Waals surface area contributed by atoms with E-state index in [2.05, 4.69) is 24.0 Å². The first kappa shape index (κ1) is 19.6. The summed E-state index contributed by atoms with van der Waals surface area (Å²) in [6, 6.07) is 8.24. The van der Waals surface area contributed by atoms with Crippen LogP contribution in [0.25, 0.3) is 0 Å². The molecule has 0 spiro atoms. The number of nitrogens with zero attached hydrogens (tertiary/aromatic N) is 4. The van der Waals surface area contributed by atoms with E-state index < -0.39 is 0 Å². The number of benzene rings is 1. The summed E-state index contributed by atoms with van der Waals surface area (Å²) in [6.45, 7) is 6.20. The Morgan fingerprint density at radius 3 is 2.59 bits per heavy atom. The topological polar surface area (TPSA) is 69.9 Å². The van der Waals surface area contributed by atoms with E-state index >= 15 is 0 Å². The van der Waals surface area contributed by atoms with Gasteiger partial charge < -0.3 is 19.1 Å². The summed E-state index contributed by atoms with van der Waals surface area (Å²) in [5.74, 6) is 0.830. The second-order valence-electron chi connectivity index (χ2n) is 8.49. The third-order valence-electron chi connectivity index (χ3n) is 6.17. The lowest BCUT2D eigenvalue weighted by Gasteiger charge is -2.31. The number of likely N-dealkylation sites (N-methyl/N-ethyl adjacent to an activating group) is 1. The monoisotopic (exact) mass is 396 g/mol. The summed E-state index contributed by atoms with van der Waals surface area (Å²) in [4.78, 5) is 35.8. The number of carbonyl (C=O) groups is 2. The van der Waals surface area contributed by atoms with Crippen LogP contribution in [0.15, 0.2) is 35.1 Å². The van der Waals surface area contributed by atoms with Gasteiger partial charge in [-0.25, -0.2) is 4.98 Å². The lowest BCUT2D eigenvalue weighted by molar-refractivity contribution is -0.133. The minimum Gasteiger partial charge on any atom is -0.438 e. The molecule has 2 fully saturated rings. The highest BCUT2D eigenvalue weighted by Gasteiger charge is 2.50. The molecule has 1 aromatic carbocycles. The molecule has 1 aromatic heterocycles. The van der Waals surface area contributed by atoms with Crippen molar-refractivity contribution in [2.75, 3.05) is 40.3 Å². The molecule has 154 valence electrons. The molecule has 0 bridgehead atoms. The highest BCUT2D eigenvalue weighted by atomic mass is 16.3. The van der Waals surface area contributed by atoms with Gasteiger partial charge in [0.2, 0.25) is 11.7 Å². The van der Waals surface area contributed by atoms with Crippen LogP contribution in [0.2, 0.25) is 0 Å². The number of fused-ring (bicyclic) bond motifs is 1. The highest BCUT2D eigenvalue weighted by Crippen LogP contribution is 2.46. The average Bonchev–Trinajstić information content (AvgIpc) is 3.35. The minimum atomic E-state index is -0.107. The number of aromatic nitrogens is 1. The van der Waals surface area contributed by atoms with Gasteiger partial charge in [0.25, 0.3) is 5.91 Å². The van der Waals surface area contributed by atoms with Crippen molar-refractivity contribution in [2.24, 2.45) is 11.8 Å². The molecular formula is C22H28N4O3. The minimum absolute atomic E-state index is 0.0118. The van der Waals surface area contributed by atoms with Crippen LogP contribution in [0.3, 0.4) is 0 Å². The van der Waals surface area contributed by atoms with Crippen LogP contribution in [0.1, 0.15) is 33.4 Å². The molecule has 2 aliphatic rings. The maximum atomic E-state index is 13.0. The lowest BCUT2D eigenvalue weighted by Crippen LogP contribution is -2.41. The van der Waals surface area contributed by atoms with E-state index in [9.17, 15) is 9.59 Å². The van der Waals surface area contributed by atoms with Gasteiger partial charge in [0.1, 0.15) is 0 Å². The molecule has 7 nitrogen and oxygen atoms in total. The zero-order valence-corrected chi connectivity index (χ0v) is 17.5. The first-order valence-corrected chi connectivity index (χ1v) is 10.1. The number of hydrogen-bond donors (Lipinski definition) is 0. The molecule has 3 atom stereocenters. The summed E-state index contributed by atoms with van der Waals surface area (Å²) >= 11 is 0. The molecule has 4 rings (SSSR count). The fourth-order valence-corrected chi connectivity index (χ4v) is 4.80. The van der Waals surface area contributed by atoms with E-state index in [1.54, 1.807) is 6.92 Å². The number of hydrogen-bond acceptors (Lipinski definition) is 5. The van der Waals surface area contributed by atoms with Crippen LogP contribution < -0.4 is 0 Å². The van der Waals surface area contributed by atoms with Crippen LogP contribution >= 0.6 is 0 Å². The Bertz CT molecular complexity index is 922. The average molecular weight is 396 g/mol. The first-order valence-electron chi connectivity index (χ1n) is 10.1. The van der Waals surface area contributed by atoms with E-state index in [1.807, 2.05) is 40.9 Å². The summed E-state index contributed by atoms with van der Waals surface area (Å²) in [7, 11) is 3.83. The van der Waals surface area contributed by atoms with Gasteiger partial charge in [-0.05, 0) is 39.1 Å². The van der Waals surface area contributed by atoms with Crippen LogP contribution in [0, 0.1) is 25.7 Å². The standard InChI is InChI=1S/C22H28N4O3/c1-14-7-5-6-8-17(14)20-18-11-25(22(28)21-15(2)23-13-29-21)9-16(18)10-26(20)19(27)12-24(3)4/h5-8,13,16,18,20H,9-12H2,1-4H3/t16-,18-,20+/m1/s1. The van der Waals surface area contributed by atoms with Crippen molar-refractivity contribution in [1.82, 2.24) is 19.7 Å². The van der Waals surface area contributed by atoms with Crippen molar-refractivity contribution < 1.29 is 14.0 Å². The van der Waals surface area contributed by atoms with Crippen LogP contribution in [0.4, 0.5) is 0 Å². The molecule has 29 heavy (non-hydrogen) atoms. The van der Waals surface area contributed by atoms with Crippen LogP contribution in [-0.4, -0.2) is 71.8 Å². The summed E-state index contributed by atoms with van der Waals surface area (Å²) in [6.07, 6.45) is 1.32. The van der Waals surface area contributed by atoms with Crippen molar-refractivity contribution in [1.29, 1.82) is 0 Å². The van der Waals surface area contributed by atoms with E-state index in [4.69, 9.17) is 4.42 Å². The molecule has 0 radical (unpaired) electrons. The number of likely N-dealkylation sites (tertiary alicyclic amines) is 2. The first-order chi connectivity index (χ1) is 13.9. The Balaban J connectivity index is 1.62. The third kappa shape index (κ3) is 3.55. The van der Waals surface area contributed by atoms with E-state index in [-0.39, 0.29) is 29.7 Å². The molecule has 2 aliphatic heterocycles. The number of carbonyl (C=O) groups excluding carboxylic acids is 2. The second kappa shape index (κ2) is 7.63. The fourth-order valence-electron chi connectivity index (χ4n) is 4.80. The SMILES string of the molecule is Cc1ccccc1[C@H]1[C@@H]2CN(C(=O)c3ocnc3C)C[C@@H]2CN1C(=O)CN(C)C. The number of amides is 2. The van der Waals surface area contributed by atoms with Crippen molar-refractivity contribution >= 4 is 11.8 Å². The van der Waals surface area contributed by atoms with Gasteiger partial charge in [0, 0.05) is 31.5 Å². The molecule has 0 aliphatic carbocycles. The van der Waals surface area contributed by atoms with E-state index in [0.29, 0.717) is 37.6 Å². The van der Waals surface area contributed by atoms with Crippen molar-refractivity contribution in [3.8, 4) is 0 Å². The smallest absolute Gasteiger partial charge is 0.291 e. The lowest BCUT2D eigenvalue weighted by atomic mass is 9.87. The summed E-state index contributed by atoms with van der Waals surface area (Å²) in [5.41, 5.74) is 2.97. The van der Waals surface area contributed by atoms with Gasteiger partial charge in [-0.2, -0.15) is 0 Å². The Labute approximate surface area is 171 Å². The molecule has 2 saturated heterocycles.